The fourth-order valence-electron chi connectivity index (χ4n) is 3.80. The molecule has 2 amide bonds. The third-order valence-corrected chi connectivity index (χ3v) is 6.75. The number of rotatable bonds is 12. The first-order valence-corrected chi connectivity index (χ1v) is 13.0. The highest BCUT2D eigenvalue weighted by Gasteiger charge is 2.30. The molecule has 1 N–H and O–H groups in total. The van der Waals surface area contributed by atoms with Gasteiger partial charge in [0.05, 0.1) is 5.75 Å². The topological polar surface area (TPSA) is 49.4 Å². The third kappa shape index (κ3) is 7.77. The monoisotopic (exact) mass is 474 g/mol. The summed E-state index contributed by atoms with van der Waals surface area (Å²) >= 11 is 1.59. The molecule has 4 nitrogen and oxygen atoms in total. The summed E-state index contributed by atoms with van der Waals surface area (Å²) in [5.74, 6) is 0.973. The van der Waals surface area contributed by atoms with Crippen molar-refractivity contribution in [1.29, 1.82) is 0 Å². The number of aryl methyl sites for hydroxylation is 1. The predicted molar refractivity (Wildman–Crippen MR) is 142 cm³/mol. The van der Waals surface area contributed by atoms with Crippen molar-refractivity contribution in [2.45, 2.75) is 45.0 Å². The smallest absolute Gasteiger partial charge is 0.243 e. The van der Waals surface area contributed by atoms with Gasteiger partial charge in [0.1, 0.15) is 6.04 Å². The van der Waals surface area contributed by atoms with E-state index >= 15 is 0 Å². The van der Waals surface area contributed by atoms with Crippen molar-refractivity contribution in [2.75, 3.05) is 12.3 Å². The van der Waals surface area contributed by atoms with E-state index in [-0.39, 0.29) is 11.8 Å². The van der Waals surface area contributed by atoms with Crippen LogP contribution in [0.15, 0.2) is 84.9 Å². The van der Waals surface area contributed by atoms with Crippen molar-refractivity contribution in [3.05, 3.63) is 107 Å². The van der Waals surface area contributed by atoms with Crippen LogP contribution in [0, 0.1) is 6.92 Å². The Balaban J connectivity index is 1.84. The van der Waals surface area contributed by atoms with Crippen LogP contribution in [-0.4, -0.2) is 35.1 Å². The Hall–Kier alpha value is -3.05. The fraction of sp³-hybridized carbons (Fsp3) is 0.310. The Labute approximate surface area is 207 Å². The number of hydrogen-bond donors (Lipinski definition) is 1. The molecule has 0 aliphatic rings. The van der Waals surface area contributed by atoms with Crippen LogP contribution >= 0.6 is 11.8 Å². The van der Waals surface area contributed by atoms with Gasteiger partial charge in [0.2, 0.25) is 11.8 Å². The standard InChI is InChI=1S/C29H34N2O2S/c1-3-18-30-29(33)27(19-24-13-6-4-7-14-24)31(20-26-17-11-10-12-23(26)2)28(32)22-34-21-25-15-8-5-9-16-25/h4-17,27H,3,18-22H2,1-2H3,(H,30,33)/t27-/m1/s1. The van der Waals surface area contributed by atoms with Crippen molar-refractivity contribution < 1.29 is 9.59 Å². The molecule has 0 radical (unpaired) electrons. The average Bonchev–Trinajstić information content (AvgIpc) is 2.87. The van der Waals surface area contributed by atoms with Crippen LogP contribution < -0.4 is 5.32 Å². The zero-order chi connectivity index (χ0) is 24.2. The molecular formula is C29H34N2O2S. The minimum absolute atomic E-state index is 0.0169. The van der Waals surface area contributed by atoms with Gasteiger partial charge in [-0.2, -0.15) is 0 Å². The second kappa shape index (κ2) is 13.6. The Morgan fingerprint density at radius 3 is 2.15 bits per heavy atom. The lowest BCUT2D eigenvalue weighted by Gasteiger charge is -2.32. The summed E-state index contributed by atoms with van der Waals surface area (Å²) in [6.45, 7) is 5.09. The van der Waals surface area contributed by atoms with Crippen LogP contribution in [0.3, 0.4) is 0 Å². The van der Waals surface area contributed by atoms with Crippen LogP contribution in [-0.2, 0) is 28.3 Å². The van der Waals surface area contributed by atoms with E-state index in [1.54, 1.807) is 16.7 Å². The van der Waals surface area contributed by atoms with Crippen molar-refractivity contribution in [3.8, 4) is 0 Å². The first kappa shape index (κ1) is 25.6. The normalized spacial score (nSPS) is 11.6. The maximum atomic E-state index is 13.6. The zero-order valence-electron chi connectivity index (χ0n) is 20.1. The average molecular weight is 475 g/mol. The molecule has 0 aliphatic heterocycles. The molecule has 0 aliphatic carbocycles. The molecule has 0 unspecified atom stereocenters. The van der Waals surface area contributed by atoms with Gasteiger partial charge in [-0.1, -0.05) is 91.9 Å². The number of carbonyl (C=O) groups excluding carboxylic acids is 2. The largest absolute Gasteiger partial charge is 0.354 e. The molecule has 34 heavy (non-hydrogen) atoms. The second-order valence-corrected chi connectivity index (χ2v) is 9.41. The fourth-order valence-corrected chi connectivity index (χ4v) is 4.67. The lowest BCUT2D eigenvalue weighted by Crippen LogP contribution is -2.51. The number of nitrogens with zero attached hydrogens (tertiary/aromatic N) is 1. The van der Waals surface area contributed by atoms with Crippen LogP contribution in [0.25, 0.3) is 0 Å². The van der Waals surface area contributed by atoms with Gasteiger partial charge in [-0.25, -0.2) is 0 Å². The maximum Gasteiger partial charge on any atom is 0.243 e. The van der Waals surface area contributed by atoms with Gasteiger partial charge in [-0.05, 0) is 35.6 Å². The molecule has 3 rings (SSSR count). The summed E-state index contributed by atoms with van der Waals surface area (Å²) < 4.78 is 0. The van der Waals surface area contributed by atoms with Gasteiger partial charge in [-0.15, -0.1) is 11.8 Å². The Kier molecular flexibility index (Phi) is 10.2. The molecule has 0 fully saturated rings. The van der Waals surface area contributed by atoms with Gasteiger partial charge in [0.25, 0.3) is 0 Å². The van der Waals surface area contributed by atoms with Crippen molar-refractivity contribution in [1.82, 2.24) is 10.2 Å². The first-order chi connectivity index (χ1) is 16.6. The number of amides is 2. The van der Waals surface area contributed by atoms with Crippen molar-refractivity contribution in [2.24, 2.45) is 0 Å². The maximum absolute atomic E-state index is 13.6. The highest BCUT2D eigenvalue weighted by Crippen LogP contribution is 2.19. The summed E-state index contributed by atoms with van der Waals surface area (Å²) in [4.78, 5) is 28.7. The van der Waals surface area contributed by atoms with Crippen LogP contribution in [0.2, 0.25) is 0 Å². The number of nitrogens with one attached hydrogen (secondary N) is 1. The number of benzene rings is 3. The molecule has 0 saturated heterocycles. The van der Waals surface area contributed by atoms with E-state index in [0.717, 1.165) is 28.9 Å². The lowest BCUT2D eigenvalue weighted by atomic mass is 10.0. The van der Waals surface area contributed by atoms with E-state index in [2.05, 4.69) is 17.4 Å². The highest BCUT2D eigenvalue weighted by molar-refractivity contribution is 7.99. The number of carbonyl (C=O) groups is 2. The first-order valence-electron chi connectivity index (χ1n) is 11.9. The Morgan fingerprint density at radius 2 is 1.50 bits per heavy atom. The highest BCUT2D eigenvalue weighted by atomic mass is 32.2. The van der Waals surface area contributed by atoms with Gasteiger partial charge in [0.15, 0.2) is 0 Å². The molecular weight excluding hydrogens is 440 g/mol. The molecule has 0 aromatic heterocycles. The molecule has 5 heteroatoms. The summed E-state index contributed by atoms with van der Waals surface area (Å²) in [5.41, 5.74) is 4.40. The van der Waals surface area contributed by atoms with Gasteiger partial charge in [0, 0.05) is 25.3 Å². The van der Waals surface area contributed by atoms with Crippen LogP contribution in [0.1, 0.15) is 35.6 Å². The molecule has 1 atom stereocenters. The summed E-state index contributed by atoms with van der Waals surface area (Å²) in [5, 5.41) is 3.03. The van der Waals surface area contributed by atoms with Crippen molar-refractivity contribution in [3.63, 3.8) is 0 Å². The molecule has 3 aromatic rings. The van der Waals surface area contributed by atoms with Gasteiger partial charge < -0.3 is 10.2 Å². The minimum Gasteiger partial charge on any atom is -0.354 e. The third-order valence-electron chi connectivity index (χ3n) is 5.76. The molecule has 178 valence electrons. The van der Waals surface area contributed by atoms with Gasteiger partial charge >= 0.3 is 0 Å². The molecule has 0 spiro atoms. The molecule has 0 heterocycles. The minimum atomic E-state index is -0.571. The quantitative estimate of drug-likeness (QED) is 0.383. The van der Waals surface area contributed by atoms with Crippen LogP contribution in [0.5, 0.6) is 0 Å². The number of thioether (sulfide) groups is 1. The second-order valence-electron chi connectivity index (χ2n) is 8.42. The van der Waals surface area contributed by atoms with Crippen molar-refractivity contribution >= 4 is 23.6 Å². The summed E-state index contributed by atoms with van der Waals surface area (Å²) in [7, 11) is 0. The number of hydrogen-bond acceptors (Lipinski definition) is 3. The summed E-state index contributed by atoms with van der Waals surface area (Å²) in [6, 6.07) is 27.6. The zero-order valence-corrected chi connectivity index (χ0v) is 20.9. The molecule has 3 aromatic carbocycles. The van der Waals surface area contributed by atoms with Crippen LogP contribution in [0.4, 0.5) is 0 Å². The van der Waals surface area contributed by atoms with Gasteiger partial charge in [-0.3, -0.25) is 9.59 Å². The summed E-state index contributed by atoms with van der Waals surface area (Å²) in [6.07, 6.45) is 1.33. The van der Waals surface area contributed by atoms with E-state index in [1.807, 2.05) is 86.6 Å². The van der Waals surface area contributed by atoms with E-state index < -0.39 is 6.04 Å². The predicted octanol–water partition coefficient (Wildman–Crippen LogP) is 5.39. The lowest BCUT2D eigenvalue weighted by molar-refractivity contribution is -0.139. The SMILES string of the molecule is CCCNC(=O)[C@@H](Cc1ccccc1)N(Cc1ccccc1C)C(=O)CSCc1ccccc1. The van der Waals surface area contributed by atoms with E-state index in [9.17, 15) is 9.59 Å². The Morgan fingerprint density at radius 1 is 0.882 bits per heavy atom. The van der Waals surface area contributed by atoms with E-state index in [1.165, 1.54) is 5.56 Å². The van der Waals surface area contributed by atoms with E-state index in [0.29, 0.717) is 25.3 Å². The molecule has 0 saturated carbocycles. The Bertz CT molecular complexity index is 1040. The van der Waals surface area contributed by atoms with E-state index in [4.69, 9.17) is 0 Å². The molecule has 0 bridgehead atoms.